The number of fused-ring (bicyclic) bond motifs is 3. The van der Waals surface area contributed by atoms with Crippen LogP contribution in [0.4, 0.5) is 0 Å². The van der Waals surface area contributed by atoms with E-state index in [0.29, 0.717) is 11.2 Å². The monoisotopic (exact) mass is 410 g/mol. The van der Waals surface area contributed by atoms with Crippen molar-refractivity contribution in [3.05, 3.63) is 48.8 Å². The lowest BCUT2D eigenvalue weighted by molar-refractivity contribution is 0.167. The third-order valence-electron chi connectivity index (χ3n) is 5.94. The maximum absolute atomic E-state index is 13.5. The molecule has 0 unspecified atom stereocenters. The van der Waals surface area contributed by atoms with Crippen LogP contribution in [0.15, 0.2) is 58.8 Å². The van der Waals surface area contributed by atoms with Crippen LogP contribution in [0.1, 0.15) is 31.7 Å². The first kappa shape index (κ1) is 18.3. The number of aromatic amines is 1. The molecule has 8 heteroatoms. The summed E-state index contributed by atoms with van der Waals surface area (Å²) in [4.78, 5) is 12.3. The number of nitrogens with zero attached hydrogens (tertiary/aromatic N) is 3. The molecule has 1 aliphatic carbocycles. The van der Waals surface area contributed by atoms with Gasteiger partial charge in [0, 0.05) is 24.2 Å². The number of aromatic nitrogens is 4. The second-order valence-corrected chi connectivity index (χ2v) is 9.51. The van der Waals surface area contributed by atoms with Gasteiger partial charge in [0.05, 0.1) is 16.6 Å². The van der Waals surface area contributed by atoms with Gasteiger partial charge in [0.15, 0.2) is 0 Å². The Morgan fingerprint density at radius 3 is 2.59 bits per heavy atom. The van der Waals surface area contributed by atoms with Gasteiger partial charge in [-0.15, -0.1) is 0 Å². The molecule has 1 aliphatic rings. The Morgan fingerprint density at radius 2 is 1.86 bits per heavy atom. The minimum absolute atomic E-state index is 0.0109. The van der Waals surface area contributed by atoms with Gasteiger partial charge >= 0.3 is 0 Å². The highest BCUT2D eigenvalue weighted by Gasteiger charge is 2.32. The van der Waals surface area contributed by atoms with Crippen molar-refractivity contribution in [3.8, 4) is 0 Å². The Hall–Kier alpha value is -2.71. The number of benzene rings is 1. The Labute approximate surface area is 168 Å². The number of aliphatic hydroxyl groups excluding tert-OH is 1. The Morgan fingerprint density at radius 1 is 1.10 bits per heavy atom. The van der Waals surface area contributed by atoms with Gasteiger partial charge in [-0.3, -0.25) is 0 Å². The molecule has 0 aliphatic heterocycles. The van der Waals surface area contributed by atoms with Crippen molar-refractivity contribution in [2.75, 3.05) is 6.61 Å². The molecule has 4 aromatic rings. The molecule has 0 atom stereocenters. The van der Waals surface area contributed by atoms with Crippen LogP contribution < -0.4 is 0 Å². The second kappa shape index (κ2) is 6.96. The first-order chi connectivity index (χ1) is 14.1. The quantitative estimate of drug-likeness (QED) is 0.536. The molecule has 0 bridgehead atoms. The maximum Gasteiger partial charge on any atom is 0.240 e. The van der Waals surface area contributed by atoms with Crippen LogP contribution in [-0.2, 0) is 9.84 Å². The normalized spacial score (nSPS) is 20.4. The van der Waals surface area contributed by atoms with Crippen LogP contribution in [0, 0.1) is 5.92 Å². The molecule has 3 aromatic heterocycles. The Kier molecular flexibility index (Phi) is 4.40. The summed E-state index contributed by atoms with van der Waals surface area (Å²) in [5.74, 6) is 0.282. The lowest BCUT2D eigenvalue weighted by Crippen LogP contribution is -2.23. The largest absolute Gasteiger partial charge is 0.396 e. The lowest BCUT2D eigenvalue weighted by atomic mass is 9.86. The number of aliphatic hydroxyl groups is 1. The average Bonchev–Trinajstić information content (AvgIpc) is 3.39. The Bertz CT molecular complexity index is 1270. The molecular weight excluding hydrogens is 388 g/mol. The standard InChI is InChI=1S/C21H22N4O3S/c26-13-14-6-8-15(9-7-14)25-19-17-10-11-22-20(17)23-12-18(19)24-21(25)29(27,28)16-4-2-1-3-5-16/h1-5,10-12,14-15,26H,6-9,13H2,(H,22,23). The van der Waals surface area contributed by atoms with E-state index in [4.69, 9.17) is 0 Å². The van der Waals surface area contributed by atoms with Crippen LogP contribution in [-0.4, -0.2) is 39.7 Å². The third kappa shape index (κ3) is 2.94. The smallest absolute Gasteiger partial charge is 0.240 e. The fourth-order valence-corrected chi connectivity index (χ4v) is 5.83. The Balaban J connectivity index is 1.76. The predicted octanol–water partition coefficient (Wildman–Crippen LogP) is 3.47. The summed E-state index contributed by atoms with van der Waals surface area (Å²) >= 11 is 0. The molecule has 1 saturated carbocycles. The average molecular weight is 410 g/mol. The summed E-state index contributed by atoms with van der Waals surface area (Å²) in [5, 5.41) is 10.4. The van der Waals surface area contributed by atoms with E-state index in [1.807, 2.05) is 16.8 Å². The van der Waals surface area contributed by atoms with Gasteiger partial charge in [0.2, 0.25) is 15.0 Å². The first-order valence-electron chi connectivity index (χ1n) is 9.84. The van der Waals surface area contributed by atoms with Gasteiger partial charge < -0.3 is 14.7 Å². The minimum atomic E-state index is -3.79. The zero-order chi connectivity index (χ0) is 20.0. The SMILES string of the molecule is O=S(=O)(c1ccccc1)c1nc2cnc3[nH]ccc3c2n1C1CCC(CO)CC1. The van der Waals surface area contributed by atoms with Crippen molar-refractivity contribution in [1.82, 2.24) is 19.5 Å². The molecule has 0 radical (unpaired) electrons. The third-order valence-corrected chi connectivity index (χ3v) is 7.60. The molecule has 5 rings (SSSR count). The summed E-state index contributed by atoms with van der Waals surface area (Å²) in [5.41, 5.74) is 2.10. The van der Waals surface area contributed by atoms with Crippen molar-refractivity contribution in [2.24, 2.45) is 5.92 Å². The summed E-state index contributed by atoms with van der Waals surface area (Å²) in [6, 6.07) is 10.4. The zero-order valence-corrected chi connectivity index (χ0v) is 16.6. The second-order valence-electron chi connectivity index (χ2n) is 7.67. The number of sulfone groups is 1. The van der Waals surface area contributed by atoms with Crippen LogP contribution in [0.3, 0.4) is 0 Å². The van der Waals surface area contributed by atoms with Crippen LogP contribution in [0.5, 0.6) is 0 Å². The minimum Gasteiger partial charge on any atom is -0.396 e. The first-order valence-corrected chi connectivity index (χ1v) is 11.3. The summed E-state index contributed by atoms with van der Waals surface area (Å²) in [6.07, 6.45) is 6.79. The number of pyridine rings is 1. The summed E-state index contributed by atoms with van der Waals surface area (Å²) in [6.45, 7) is 0.179. The maximum atomic E-state index is 13.5. The molecular formula is C21H22N4O3S. The topological polar surface area (TPSA) is 101 Å². The molecule has 29 heavy (non-hydrogen) atoms. The van der Waals surface area contributed by atoms with Crippen molar-refractivity contribution in [2.45, 2.75) is 41.8 Å². The van der Waals surface area contributed by atoms with E-state index in [1.54, 1.807) is 36.5 Å². The fourth-order valence-electron chi connectivity index (χ4n) is 4.39. The number of imidazole rings is 1. The molecule has 150 valence electrons. The van der Waals surface area contributed by atoms with Crippen LogP contribution >= 0.6 is 0 Å². The summed E-state index contributed by atoms with van der Waals surface area (Å²) < 4.78 is 28.9. The number of hydrogen-bond acceptors (Lipinski definition) is 5. The number of H-pyrrole nitrogens is 1. The van der Waals surface area contributed by atoms with Crippen LogP contribution in [0.25, 0.3) is 22.1 Å². The zero-order valence-electron chi connectivity index (χ0n) is 15.8. The van der Waals surface area contributed by atoms with Crippen molar-refractivity contribution in [3.63, 3.8) is 0 Å². The lowest BCUT2D eigenvalue weighted by Gasteiger charge is -2.29. The number of hydrogen-bond donors (Lipinski definition) is 2. The number of nitrogens with one attached hydrogen (secondary N) is 1. The van der Waals surface area contributed by atoms with E-state index >= 15 is 0 Å². The van der Waals surface area contributed by atoms with Gasteiger partial charge in [-0.2, -0.15) is 0 Å². The highest BCUT2D eigenvalue weighted by Crippen LogP contribution is 2.38. The van der Waals surface area contributed by atoms with Crippen molar-refractivity contribution in [1.29, 1.82) is 0 Å². The molecule has 0 spiro atoms. The van der Waals surface area contributed by atoms with Crippen molar-refractivity contribution < 1.29 is 13.5 Å². The van der Waals surface area contributed by atoms with Gasteiger partial charge in [-0.25, -0.2) is 18.4 Å². The molecule has 1 fully saturated rings. The van der Waals surface area contributed by atoms with Crippen LogP contribution in [0.2, 0.25) is 0 Å². The van der Waals surface area contributed by atoms with E-state index in [-0.39, 0.29) is 28.6 Å². The highest BCUT2D eigenvalue weighted by molar-refractivity contribution is 7.91. The van der Waals surface area contributed by atoms with E-state index in [9.17, 15) is 13.5 Å². The predicted molar refractivity (Wildman–Crippen MR) is 109 cm³/mol. The fraction of sp³-hybridized carbons (Fsp3) is 0.333. The molecule has 1 aromatic carbocycles. The number of rotatable bonds is 4. The molecule has 0 amide bonds. The molecule has 7 nitrogen and oxygen atoms in total. The van der Waals surface area contributed by atoms with E-state index in [1.165, 1.54) is 0 Å². The van der Waals surface area contributed by atoms with E-state index in [0.717, 1.165) is 36.6 Å². The highest BCUT2D eigenvalue weighted by atomic mass is 32.2. The molecule has 2 N–H and O–H groups in total. The van der Waals surface area contributed by atoms with E-state index in [2.05, 4.69) is 15.0 Å². The van der Waals surface area contributed by atoms with Gasteiger partial charge in [-0.05, 0) is 49.8 Å². The van der Waals surface area contributed by atoms with Crippen molar-refractivity contribution >= 4 is 31.9 Å². The summed E-state index contributed by atoms with van der Waals surface area (Å²) in [7, 11) is -3.79. The van der Waals surface area contributed by atoms with Gasteiger partial charge in [0.1, 0.15) is 11.2 Å². The van der Waals surface area contributed by atoms with E-state index < -0.39 is 9.84 Å². The molecule has 0 saturated heterocycles. The van der Waals surface area contributed by atoms with Gasteiger partial charge in [0.25, 0.3) is 0 Å². The molecule has 3 heterocycles. The van der Waals surface area contributed by atoms with Gasteiger partial charge in [-0.1, -0.05) is 18.2 Å².